The number of nitrogens with one attached hydrogen (secondary N) is 2. The molecule has 0 bridgehead atoms. The van der Waals surface area contributed by atoms with Crippen LogP contribution in [0.1, 0.15) is 36.8 Å². The lowest BCUT2D eigenvalue weighted by Crippen LogP contribution is -2.27. The Morgan fingerprint density at radius 3 is 2.68 bits per heavy atom. The van der Waals surface area contributed by atoms with Crippen LogP contribution in [0.5, 0.6) is 0 Å². The van der Waals surface area contributed by atoms with E-state index in [4.69, 9.17) is 16.1 Å². The molecule has 2 unspecified atom stereocenters. The molecule has 2 N–H and O–H groups in total. The number of halogens is 1. The summed E-state index contributed by atoms with van der Waals surface area (Å²) < 4.78 is 18.3. The monoisotopic (exact) mass is 369 g/mol. The van der Waals surface area contributed by atoms with E-state index in [-0.39, 0.29) is 11.6 Å². The zero-order valence-corrected chi connectivity index (χ0v) is 15.3. The Morgan fingerprint density at radius 1 is 1.50 bits per heavy atom. The van der Waals surface area contributed by atoms with E-state index < -0.39 is 18.7 Å². The van der Waals surface area contributed by atoms with Gasteiger partial charge >= 0.3 is 7.67 Å². The van der Waals surface area contributed by atoms with Gasteiger partial charge in [0.2, 0.25) is 0 Å². The van der Waals surface area contributed by atoms with Crippen LogP contribution in [-0.4, -0.2) is 23.9 Å². The molecule has 126 valence electrons. The Hall–Kier alpha value is -0.500. The summed E-state index contributed by atoms with van der Waals surface area (Å²) in [5.41, 5.74) is 0.599. The largest absolute Gasteiger partial charge is 0.341 e. The number of hydrogen-bond acceptors (Lipinski definition) is 5. The van der Waals surface area contributed by atoms with Crippen molar-refractivity contribution in [3.05, 3.63) is 25.9 Å². The van der Waals surface area contributed by atoms with E-state index in [2.05, 4.69) is 10.2 Å². The maximum atomic E-state index is 12.7. The normalized spacial score (nSPS) is 15.5. The van der Waals surface area contributed by atoms with Crippen molar-refractivity contribution in [2.24, 2.45) is 0 Å². The standard InChI is InChI=1S/C12H21ClN3O4PS/c1-4-6-14-21(19,15-7-5-13)20-10(3)12-11(16(17)18)9(2)8-22-12/h8,10H,4-7H2,1-3H3,(H2,14,15,19). The van der Waals surface area contributed by atoms with Crippen molar-refractivity contribution in [2.45, 2.75) is 33.3 Å². The number of hydrogen-bond donors (Lipinski definition) is 2. The predicted molar refractivity (Wildman–Crippen MR) is 89.8 cm³/mol. The number of aryl methyl sites for hydroxylation is 1. The molecule has 0 aliphatic heterocycles. The second kappa shape index (κ2) is 8.96. The molecule has 2 atom stereocenters. The van der Waals surface area contributed by atoms with Gasteiger partial charge in [-0.25, -0.2) is 10.2 Å². The van der Waals surface area contributed by atoms with Crippen LogP contribution in [0.2, 0.25) is 0 Å². The van der Waals surface area contributed by atoms with E-state index >= 15 is 0 Å². The van der Waals surface area contributed by atoms with Crippen molar-refractivity contribution in [2.75, 3.05) is 19.0 Å². The van der Waals surface area contributed by atoms with Crippen molar-refractivity contribution >= 4 is 36.3 Å². The van der Waals surface area contributed by atoms with Gasteiger partial charge in [0.15, 0.2) is 0 Å². The van der Waals surface area contributed by atoms with E-state index in [1.54, 1.807) is 19.2 Å². The van der Waals surface area contributed by atoms with Gasteiger partial charge in [0, 0.05) is 29.9 Å². The lowest BCUT2D eigenvalue weighted by molar-refractivity contribution is -0.386. The Labute approximate surface area is 139 Å². The first-order valence-electron chi connectivity index (χ1n) is 6.91. The van der Waals surface area contributed by atoms with Gasteiger partial charge in [-0.3, -0.25) is 19.2 Å². The fourth-order valence-electron chi connectivity index (χ4n) is 1.83. The molecule has 0 aliphatic carbocycles. The molecule has 0 saturated heterocycles. The van der Waals surface area contributed by atoms with Crippen LogP contribution >= 0.6 is 30.6 Å². The SMILES string of the molecule is CCCNP(=O)(NCCCl)OC(C)c1scc(C)c1[N+](=O)[O-]. The molecular formula is C12H21ClN3O4PS. The smallest absolute Gasteiger partial charge is 0.297 e. The molecule has 1 aromatic rings. The second-order valence-electron chi connectivity index (χ2n) is 4.69. The highest BCUT2D eigenvalue weighted by atomic mass is 35.5. The van der Waals surface area contributed by atoms with Gasteiger partial charge in [-0.15, -0.1) is 22.9 Å². The van der Waals surface area contributed by atoms with Gasteiger partial charge < -0.3 is 0 Å². The molecule has 7 nitrogen and oxygen atoms in total. The molecule has 1 aromatic heterocycles. The van der Waals surface area contributed by atoms with Crippen LogP contribution in [-0.2, 0) is 9.09 Å². The first-order valence-corrected chi connectivity index (χ1v) is 9.95. The number of rotatable bonds is 10. The first-order chi connectivity index (χ1) is 10.3. The van der Waals surface area contributed by atoms with E-state index in [9.17, 15) is 14.7 Å². The highest BCUT2D eigenvalue weighted by Gasteiger charge is 2.31. The van der Waals surface area contributed by atoms with E-state index in [0.29, 0.717) is 23.5 Å². The third-order valence-electron chi connectivity index (χ3n) is 2.81. The van der Waals surface area contributed by atoms with Crippen molar-refractivity contribution in [1.29, 1.82) is 0 Å². The minimum atomic E-state index is -3.32. The zero-order valence-electron chi connectivity index (χ0n) is 12.8. The van der Waals surface area contributed by atoms with Crippen LogP contribution in [0.25, 0.3) is 0 Å². The van der Waals surface area contributed by atoms with Crippen molar-refractivity contribution in [1.82, 2.24) is 10.2 Å². The average molecular weight is 370 g/mol. The third-order valence-corrected chi connectivity index (χ3v) is 6.14. The van der Waals surface area contributed by atoms with E-state index in [0.717, 1.165) is 6.42 Å². The van der Waals surface area contributed by atoms with Gasteiger partial charge in [0.25, 0.3) is 5.69 Å². The lowest BCUT2D eigenvalue weighted by Gasteiger charge is -2.23. The quantitative estimate of drug-likeness (QED) is 0.280. The molecule has 0 aromatic carbocycles. The number of alkyl halides is 1. The van der Waals surface area contributed by atoms with Crippen LogP contribution in [0.15, 0.2) is 5.38 Å². The summed E-state index contributed by atoms with van der Waals surface area (Å²) in [7, 11) is -3.32. The fraction of sp³-hybridized carbons (Fsp3) is 0.667. The minimum Gasteiger partial charge on any atom is -0.297 e. The lowest BCUT2D eigenvalue weighted by atomic mass is 10.2. The zero-order chi connectivity index (χ0) is 16.8. The Morgan fingerprint density at radius 2 is 2.14 bits per heavy atom. The average Bonchev–Trinajstić information content (AvgIpc) is 2.85. The molecule has 0 radical (unpaired) electrons. The van der Waals surface area contributed by atoms with Gasteiger partial charge in [0.05, 0.1) is 4.92 Å². The molecule has 1 rings (SSSR count). The van der Waals surface area contributed by atoms with Crippen molar-refractivity contribution in [3.63, 3.8) is 0 Å². The Bertz CT molecular complexity index is 542. The van der Waals surface area contributed by atoms with Gasteiger partial charge in [-0.2, -0.15) is 0 Å². The molecule has 1 heterocycles. The van der Waals surface area contributed by atoms with E-state index in [1.807, 2.05) is 6.92 Å². The summed E-state index contributed by atoms with van der Waals surface area (Å²) in [6.07, 6.45) is 0.111. The topological polar surface area (TPSA) is 93.5 Å². The molecule has 0 saturated carbocycles. The summed E-state index contributed by atoms with van der Waals surface area (Å²) >= 11 is 6.84. The van der Waals surface area contributed by atoms with Crippen LogP contribution in [0, 0.1) is 17.0 Å². The molecule has 0 spiro atoms. The minimum absolute atomic E-state index is 0.0249. The maximum absolute atomic E-state index is 12.7. The van der Waals surface area contributed by atoms with Crippen LogP contribution in [0.4, 0.5) is 5.69 Å². The van der Waals surface area contributed by atoms with E-state index in [1.165, 1.54) is 11.3 Å². The third kappa shape index (κ3) is 5.30. The molecular weight excluding hydrogens is 349 g/mol. The highest BCUT2D eigenvalue weighted by molar-refractivity contribution is 7.54. The number of thiophene rings is 1. The van der Waals surface area contributed by atoms with Gasteiger partial charge in [0.1, 0.15) is 11.0 Å². The second-order valence-corrected chi connectivity index (χ2v) is 7.93. The predicted octanol–water partition coefficient (Wildman–Crippen LogP) is 3.98. The Balaban J connectivity index is 2.93. The Kier molecular flexibility index (Phi) is 7.96. The molecule has 0 fully saturated rings. The molecule has 0 aliphatic rings. The number of nitro groups is 1. The molecule has 0 amide bonds. The summed E-state index contributed by atoms with van der Waals surface area (Å²) in [6.45, 7) is 6.08. The van der Waals surface area contributed by atoms with Crippen molar-refractivity contribution in [3.8, 4) is 0 Å². The molecule has 22 heavy (non-hydrogen) atoms. The highest BCUT2D eigenvalue weighted by Crippen LogP contribution is 2.46. The summed E-state index contributed by atoms with van der Waals surface area (Å²) in [4.78, 5) is 11.2. The number of nitrogens with zero attached hydrogens (tertiary/aromatic N) is 1. The van der Waals surface area contributed by atoms with Gasteiger partial charge in [-0.05, 0) is 20.3 Å². The van der Waals surface area contributed by atoms with Crippen molar-refractivity contribution < 1.29 is 14.0 Å². The summed E-state index contributed by atoms with van der Waals surface area (Å²) in [5.74, 6) is 0.286. The maximum Gasteiger partial charge on any atom is 0.341 e. The summed E-state index contributed by atoms with van der Waals surface area (Å²) in [5, 5.41) is 18.5. The van der Waals surface area contributed by atoms with Crippen LogP contribution < -0.4 is 10.2 Å². The first kappa shape index (κ1) is 19.5. The molecule has 10 heteroatoms. The summed E-state index contributed by atoms with van der Waals surface area (Å²) in [6, 6.07) is 0. The van der Waals surface area contributed by atoms with Gasteiger partial charge in [-0.1, -0.05) is 6.92 Å². The van der Waals surface area contributed by atoms with Crippen LogP contribution in [0.3, 0.4) is 0 Å². The fourth-order valence-corrected chi connectivity index (χ4v) is 4.87.